The van der Waals surface area contributed by atoms with Crippen LogP contribution >= 0.6 is 0 Å². The van der Waals surface area contributed by atoms with Gasteiger partial charge in [-0.2, -0.15) is 23.4 Å². The number of H-pyrrole nitrogens is 1. The third-order valence-corrected chi connectivity index (χ3v) is 5.88. The molecule has 6 rings (SSSR count). The largest absolute Gasteiger partial charge is 0.418 e. The first-order valence-electron chi connectivity index (χ1n) is 10.8. The number of aromatic nitrogens is 8. The van der Waals surface area contributed by atoms with E-state index >= 15 is 0 Å². The number of pyridine rings is 1. The van der Waals surface area contributed by atoms with E-state index in [0.29, 0.717) is 25.4 Å². The van der Waals surface area contributed by atoms with Gasteiger partial charge in [0, 0.05) is 38.1 Å². The molecule has 0 saturated heterocycles. The Hall–Kier alpha value is -4.49. The van der Waals surface area contributed by atoms with Gasteiger partial charge < -0.3 is 14.3 Å². The second kappa shape index (κ2) is 8.94. The Morgan fingerprint density at radius 1 is 1.19 bits per heavy atom. The third-order valence-electron chi connectivity index (χ3n) is 5.88. The van der Waals surface area contributed by atoms with Gasteiger partial charge in [-0.15, -0.1) is 10.2 Å². The topological polar surface area (TPSA) is 123 Å². The molecule has 186 valence electrons. The van der Waals surface area contributed by atoms with Crippen LogP contribution in [0, 0.1) is 6.92 Å². The number of alkyl halides is 3. The summed E-state index contributed by atoms with van der Waals surface area (Å²) in [5.41, 5.74) is 3.00. The van der Waals surface area contributed by atoms with Gasteiger partial charge in [-0.3, -0.25) is 9.48 Å². The maximum absolute atomic E-state index is 12.5. The molecule has 1 N–H and O–H groups in total. The fourth-order valence-electron chi connectivity index (χ4n) is 3.84. The number of hydrogen-bond donors (Lipinski definition) is 1. The average molecular weight is 499 g/mol. The Morgan fingerprint density at radius 2 is 2.03 bits per heavy atom. The summed E-state index contributed by atoms with van der Waals surface area (Å²) in [6, 6.07) is 3.70. The summed E-state index contributed by atoms with van der Waals surface area (Å²) in [7, 11) is 1.83. The minimum atomic E-state index is -4.32. The zero-order chi connectivity index (χ0) is 25.4. The summed E-state index contributed by atoms with van der Waals surface area (Å²) < 4.78 is 45.5. The quantitative estimate of drug-likeness (QED) is 0.396. The van der Waals surface area contributed by atoms with Gasteiger partial charge in [0.2, 0.25) is 0 Å². The van der Waals surface area contributed by atoms with Gasteiger partial charge in [0.15, 0.2) is 0 Å². The van der Waals surface area contributed by atoms with E-state index < -0.39 is 11.7 Å². The molecule has 0 aliphatic carbocycles. The van der Waals surface area contributed by atoms with Gasteiger partial charge in [0.25, 0.3) is 5.89 Å². The number of nitrogens with one attached hydrogen (secondary N) is 1. The number of amides is 1. The summed E-state index contributed by atoms with van der Waals surface area (Å²) in [4.78, 5) is 21.5. The van der Waals surface area contributed by atoms with Crippen LogP contribution < -0.4 is 0 Å². The highest BCUT2D eigenvalue weighted by Gasteiger charge is 2.33. The van der Waals surface area contributed by atoms with Gasteiger partial charge in [-0.25, -0.2) is 9.50 Å². The first-order valence-corrected chi connectivity index (χ1v) is 10.8. The Kier molecular flexibility index (Phi) is 5.78. The molecule has 0 radical (unpaired) electrons. The van der Waals surface area contributed by atoms with Crippen LogP contribution in [-0.2, 0) is 26.2 Å². The number of rotatable bonds is 2. The lowest BCUT2D eigenvalue weighted by atomic mass is 10.1. The molecule has 0 bridgehead atoms. The van der Waals surface area contributed by atoms with Crippen LogP contribution in [0.2, 0.25) is 0 Å². The van der Waals surface area contributed by atoms with E-state index in [1.807, 2.05) is 14.0 Å². The Balaban J connectivity index is 0.000000174. The number of imidazole rings is 1. The van der Waals surface area contributed by atoms with Crippen molar-refractivity contribution in [2.45, 2.75) is 26.1 Å². The Labute approximate surface area is 201 Å². The lowest BCUT2D eigenvalue weighted by molar-refractivity contribution is -0.136. The summed E-state index contributed by atoms with van der Waals surface area (Å²) in [5.74, 6) is 0.0231. The highest BCUT2D eigenvalue weighted by atomic mass is 19.4. The molecule has 36 heavy (non-hydrogen) atoms. The van der Waals surface area contributed by atoms with Crippen molar-refractivity contribution in [2.75, 3.05) is 6.54 Å². The average Bonchev–Trinajstić information content (AvgIpc) is 3.65. The highest BCUT2D eigenvalue weighted by Crippen LogP contribution is 2.32. The van der Waals surface area contributed by atoms with Crippen molar-refractivity contribution in [3.8, 4) is 11.5 Å². The third kappa shape index (κ3) is 4.32. The molecule has 5 aromatic rings. The van der Waals surface area contributed by atoms with Crippen molar-refractivity contribution < 1.29 is 22.4 Å². The van der Waals surface area contributed by atoms with Crippen LogP contribution in [0.25, 0.3) is 17.0 Å². The standard InChI is InChI=1S/C14H15N7O2.C8H5F3N2/c1-8-9(5-17-20(8)2)12-18-19-13(23-12)14(22)21-4-3-10-11(6-21)16-7-15-10;9-8(10,11)6-2-1-5-13-7(6)3-4-12-13/h5,7H,3-4,6H2,1-2H3,(H,15,16);1-5H. The summed E-state index contributed by atoms with van der Waals surface area (Å²) in [6.45, 7) is 2.95. The van der Waals surface area contributed by atoms with Crippen LogP contribution in [0.1, 0.15) is 33.3 Å². The van der Waals surface area contributed by atoms with E-state index in [9.17, 15) is 18.0 Å². The predicted octanol–water partition coefficient (Wildman–Crippen LogP) is 3.05. The van der Waals surface area contributed by atoms with Crippen LogP contribution in [-0.4, -0.2) is 56.9 Å². The predicted molar refractivity (Wildman–Crippen MR) is 118 cm³/mol. The van der Waals surface area contributed by atoms with E-state index in [4.69, 9.17) is 4.42 Å². The fourth-order valence-corrected chi connectivity index (χ4v) is 3.84. The van der Waals surface area contributed by atoms with E-state index in [0.717, 1.165) is 28.7 Å². The summed E-state index contributed by atoms with van der Waals surface area (Å²) >= 11 is 0. The molecular weight excluding hydrogens is 479 g/mol. The molecule has 0 spiro atoms. The monoisotopic (exact) mass is 499 g/mol. The van der Waals surface area contributed by atoms with Crippen molar-refractivity contribution in [1.82, 2.24) is 44.5 Å². The molecule has 0 aromatic carbocycles. The van der Waals surface area contributed by atoms with E-state index in [1.54, 1.807) is 22.1 Å². The molecule has 0 atom stereocenters. The maximum Gasteiger partial charge on any atom is 0.418 e. The van der Waals surface area contributed by atoms with E-state index in [-0.39, 0.29) is 17.3 Å². The molecule has 1 amide bonds. The summed E-state index contributed by atoms with van der Waals surface area (Å²) in [6.07, 6.45) is 2.51. The molecule has 6 heterocycles. The first-order chi connectivity index (χ1) is 17.2. The second-order valence-electron chi connectivity index (χ2n) is 8.06. The van der Waals surface area contributed by atoms with Gasteiger partial charge >= 0.3 is 18.0 Å². The number of hydrogen-bond acceptors (Lipinski definition) is 7. The number of carbonyl (C=O) groups is 1. The molecule has 1 aliphatic heterocycles. The maximum atomic E-state index is 12.5. The highest BCUT2D eigenvalue weighted by molar-refractivity contribution is 5.89. The molecule has 14 heteroatoms. The van der Waals surface area contributed by atoms with Crippen LogP contribution in [0.5, 0.6) is 0 Å². The molecule has 0 unspecified atom stereocenters. The molecular formula is C22H20F3N9O2. The number of fused-ring (bicyclic) bond motifs is 2. The second-order valence-corrected chi connectivity index (χ2v) is 8.06. The number of nitrogens with zero attached hydrogens (tertiary/aromatic N) is 8. The van der Waals surface area contributed by atoms with Crippen molar-refractivity contribution in [3.63, 3.8) is 0 Å². The van der Waals surface area contributed by atoms with Crippen molar-refractivity contribution >= 4 is 11.4 Å². The number of halogens is 3. The van der Waals surface area contributed by atoms with Crippen LogP contribution in [0.15, 0.2) is 47.5 Å². The SMILES string of the molecule is Cc1c(-c2nnc(C(=O)N3CCc4nc[nH]c4C3)o2)cnn1C.FC(F)(F)c1cccn2nccc12. The van der Waals surface area contributed by atoms with Crippen LogP contribution in [0.4, 0.5) is 13.2 Å². The zero-order valence-corrected chi connectivity index (χ0v) is 19.2. The number of carbonyl (C=O) groups excluding carboxylic acids is 1. The van der Waals surface area contributed by atoms with Gasteiger partial charge in [0.1, 0.15) is 0 Å². The minimum Gasteiger partial charge on any atom is -0.412 e. The molecule has 0 saturated carbocycles. The molecule has 1 aliphatic rings. The fraction of sp³-hybridized carbons (Fsp3) is 0.273. The molecule has 11 nitrogen and oxygen atoms in total. The Morgan fingerprint density at radius 3 is 2.78 bits per heavy atom. The lowest BCUT2D eigenvalue weighted by Crippen LogP contribution is -2.36. The summed E-state index contributed by atoms with van der Waals surface area (Å²) in [5, 5.41) is 15.7. The minimum absolute atomic E-state index is 0.00813. The van der Waals surface area contributed by atoms with Crippen LogP contribution in [0.3, 0.4) is 0 Å². The lowest BCUT2D eigenvalue weighted by Gasteiger charge is -2.24. The van der Waals surface area contributed by atoms with Gasteiger partial charge in [0.05, 0.1) is 47.1 Å². The normalized spacial score (nSPS) is 13.4. The number of aryl methyl sites for hydroxylation is 1. The van der Waals surface area contributed by atoms with Gasteiger partial charge in [-0.05, 0) is 25.1 Å². The zero-order valence-electron chi connectivity index (χ0n) is 19.2. The Bertz CT molecular complexity index is 1530. The van der Waals surface area contributed by atoms with Gasteiger partial charge in [-0.1, -0.05) is 0 Å². The smallest absolute Gasteiger partial charge is 0.412 e. The number of aromatic amines is 1. The molecule has 0 fully saturated rings. The van der Waals surface area contributed by atoms with Crippen molar-refractivity contribution in [2.24, 2.45) is 7.05 Å². The first kappa shape index (κ1) is 23.3. The molecule has 5 aromatic heterocycles. The van der Waals surface area contributed by atoms with E-state index in [2.05, 4.69) is 30.4 Å². The van der Waals surface area contributed by atoms with E-state index in [1.165, 1.54) is 29.0 Å². The van der Waals surface area contributed by atoms with Crippen molar-refractivity contribution in [1.29, 1.82) is 0 Å². The van der Waals surface area contributed by atoms with Crippen molar-refractivity contribution in [3.05, 3.63) is 71.7 Å².